The van der Waals surface area contributed by atoms with Gasteiger partial charge in [-0.25, -0.2) is 0 Å². The number of nitrogens with zero attached hydrogens (tertiary/aromatic N) is 2. The van der Waals surface area contributed by atoms with E-state index in [1.54, 1.807) is 7.11 Å². The molecule has 0 aromatic heterocycles. The van der Waals surface area contributed by atoms with E-state index in [2.05, 4.69) is 51.8 Å². The molecule has 1 aromatic rings. The molecule has 0 radical (unpaired) electrons. The molecule has 1 heterocycles. The molecule has 4 nitrogen and oxygen atoms in total. The molecule has 104 valence electrons. The zero-order valence-corrected chi connectivity index (χ0v) is 13.1. The van der Waals surface area contributed by atoms with Crippen molar-refractivity contribution in [1.29, 1.82) is 0 Å². The number of benzene rings is 1. The van der Waals surface area contributed by atoms with Gasteiger partial charge >= 0.3 is 0 Å². The quantitative estimate of drug-likeness (QED) is 0.926. The van der Waals surface area contributed by atoms with E-state index in [0.29, 0.717) is 11.9 Å². The van der Waals surface area contributed by atoms with Gasteiger partial charge in [-0.05, 0) is 39.5 Å². The molecule has 2 N–H and O–H groups in total. The van der Waals surface area contributed by atoms with E-state index >= 15 is 0 Å². The van der Waals surface area contributed by atoms with Crippen LogP contribution in [-0.2, 0) is 0 Å². The maximum Gasteiger partial charge on any atom is 0.191 e. The summed E-state index contributed by atoms with van der Waals surface area (Å²) in [5, 5.41) is 0. The number of rotatable bonds is 4. The summed E-state index contributed by atoms with van der Waals surface area (Å²) < 4.78 is 6.22. The van der Waals surface area contributed by atoms with Crippen LogP contribution in [0, 0.1) is 5.92 Å². The fourth-order valence-corrected chi connectivity index (χ4v) is 2.88. The molecule has 0 saturated carbocycles. The molecule has 1 aromatic carbocycles. The monoisotopic (exact) mass is 325 g/mol. The third-order valence-corrected chi connectivity index (χ3v) is 3.84. The summed E-state index contributed by atoms with van der Waals surface area (Å²) >= 11 is 3.53. The van der Waals surface area contributed by atoms with Crippen LogP contribution in [0.25, 0.3) is 0 Å². The summed E-state index contributed by atoms with van der Waals surface area (Å²) in [7, 11) is 1.67. The number of guanidine groups is 1. The van der Waals surface area contributed by atoms with Crippen LogP contribution in [0.1, 0.15) is 25.5 Å². The van der Waals surface area contributed by atoms with Crippen molar-refractivity contribution in [3.8, 4) is 5.75 Å². The number of halogens is 1. The van der Waals surface area contributed by atoms with Gasteiger partial charge in [0, 0.05) is 6.54 Å². The Labute approximate surface area is 122 Å². The van der Waals surface area contributed by atoms with Gasteiger partial charge in [-0.15, -0.1) is 0 Å². The van der Waals surface area contributed by atoms with Crippen molar-refractivity contribution >= 4 is 21.9 Å². The third kappa shape index (κ3) is 3.03. The fraction of sp³-hybridized carbons (Fsp3) is 0.500. The molecule has 1 unspecified atom stereocenters. The van der Waals surface area contributed by atoms with E-state index in [-0.39, 0.29) is 6.04 Å². The first-order valence-corrected chi connectivity index (χ1v) is 7.22. The summed E-state index contributed by atoms with van der Waals surface area (Å²) in [5.74, 6) is 2.03. The number of hydrogen-bond acceptors (Lipinski definition) is 4. The highest BCUT2D eigenvalue weighted by molar-refractivity contribution is 9.10. The largest absolute Gasteiger partial charge is 0.496 e. The van der Waals surface area contributed by atoms with Crippen molar-refractivity contribution in [1.82, 2.24) is 4.90 Å². The van der Waals surface area contributed by atoms with Crippen LogP contribution in [0.2, 0.25) is 0 Å². The van der Waals surface area contributed by atoms with Crippen LogP contribution < -0.4 is 10.5 Å². The van der Waals surface area contributed by atoms with E-state index in [1.165, 1.54) is 5.56 Å². The summed E-state index contributed by atoms with van der Waals surface area (Å²) in [5.41, 5.74) is 7.19. The first-order valence-electron chi connectivity index (χ1n) is 6.43. The van der Waals surface area contributed by atoms with Crippen molar-refractivity contribution in [2.24, 2.45) is 16.6 Å². The van der Waals surface area contributed by atoms with E-state index in [1.807, 2.05) is 6.07 Å². The van der Waals surface area contributed by atoms with Crippen molar-refractivity contribution in [2.75, 3.05) is 20.2 Å². The lowest BCUT2D eigenvalue weighted by molar-refractivity contribution is 0.309. The Hall–Kier alpha value is -1.23. The Morgan fingerprint density at radius 1 is 1.53 bits per heavy atom. The highest BCUT2D eigenvalue weighted by Crippen LogP contribution is 2.32. The average molecular weight is 326 g/mol. The molecule has 2 rings (SSSR count). The number of aliphatic imine (C=N–C) groups is 1. The van der Waals surface area contributed by atoms with Crippen molar-refractivity contribution in [3.63, 3.8) is 0 Å². The minimum Gasteiger partial charge on any atom is -0.496 e. The second kappa shape index (κ2) is 5.82. The van der Waals surface area contributed by atoms with Gasteiger partial charge in [0.2, 0.25) is 0 Å². The standard InChI is InChI=1S/C14H20BrN3O/c1-9(2)8-18-12(7-17-14(18)16)10-4-5-13(19-3)11(15)6-10/h4-6,9,12H,7-8H2,1-3H3,(H2,16,17). The molecule has 0 saturated heterocycles. The Balaban J connectivity index is 2.23. The predicted molar refractivity (Wildman–Crippen MR) is 81.5 cm³/mol. The van der Waals surface area contributed by atoms with Gasteiger partial charge in [-0.2, -0.15) is 0 Å². The lowest BCUT2D eigenvalue weighted by atomic mass is 10.0. The maximum atomic E-state index is 5.99. The predicted octanol–water partition coefficient (Wildman–Crippen LogP) is 2.79. The van der Waals surface area contributed by atoms with Gasteiger partial charge in [-0.3, -0.25) is 4.99 Å². The molecule has 1 atom stereocenters. The molecule has 0 aliphatic carbocycles. The zero-order chi connectivity index (χ0) is 14.0. The van der Waals surface area contributed by atoms with E-state index in [0.717, 1.165) is 23.3 Å². The second-order valence-corrected chi connectivity index (χ2v) is 6.01. The van der Waals surface area contributed by atoms with Gasteiger partial charge < -0.3 is 15.4 Å². The molecule has 1 aliphatic rings. The third-order valence-electron chi connectivity index (χ3n) is 3.22. The number of hydrogen-bond donors (Lipinski definition) is 1. The topological polar surface area (TPSA) is 50.9 Å². The molecule has 19 heavy (non-hydrogen) atoms. The van der Waals surface area contributed by atoms with E-state index < -0.39 is 0 Å². The molecular weight excluding hydrogens is 306 g/mol. The molecule has 5 heteroatoms. The highest BCUT2D eigenvalue weighted by atomic mass is 79.9. The zero-order valence-electron chi connectivity index (χ0n) is 11.6. The minimum absolute atomic E-state index is 0.226. The van der Waals surface area contributed by atoms with Crippen molar-refractivity contribution in [3.05, 3.63) is 28.2 Å². The Morgan fingerprint density at radius 3 is 2.84 bits per heavy atom. The second-order valence-electron chi connectivity index (χ2n) is 5.15. The van der Waals surface area contributed by atoms with Crippen LogP contribution in [0.3, 0.4) is 0 Å². The molecule has 1 aliphatic heterocycles. The number of methoxy groups -OCH3 is 1. The van der Waals surface area contributed by atoms with Crippen LogP contribution >= 0.6 is 15.9 Å². The number of ether oxygens (including phenoxy) is 1. The first kappa shape index (κ1) is 14.2. The summed E-state index contributed by atoms with van der Waals surface area (Å²) in [4.78, 5) is 6.55. The van der Waals surface area contributed by atoms with Crippen molar-refractivity contribution in [2.45, 2.75) is 19.9 Å². The molecule has 0 spiro atoms. The lowest BCUT2D eigenvalue weighted by Crippen LogP contribution is -2.38. The Bertz CT molecular complexity index is 488. The van der Waals surface area contributed by atoms with Gasteiger partial charge in [0.25, 0.3) is 0 Å². The SMILES string of the molecule is COc1ccc(C2CN=C(N)N2CC(C)C)cc1Br. The molecular formula is C14H20BrN3O. The maximum absolute atomic E-state index is 5.99. The fourth-order valence-electron chi connectivity index (χ4n) is 2.32. The Morgan fingerprint density at radius 2 is 2.26 bits per heavy atom. The molecule has 0 bridgehead atoms. The first-order chi connectivity index (χ1) is 9.02. The van der Waals surface area contributed by atoms with Gasteiger partial charge in [0.05, 0.1) is 24.2 Å². The van der Waals surface area contributed by atoms with Crippen LogP contribution in [0.5, 0.6) is 5.75 Å². The normalized spacial score (nSPS) is 18.9. The minimum atomic E-state index is 0.226. The number of nitrogens with two attached hydrogens (primary N) is 1. The van der Waals surface area contributed by atoms with Gasteiger partial charge in [0.1, 0.15) is 5.75 Å². The highest BCUT2D eigenvalue weighted by Gasteiger charge is 2.28. The molecule has 0 fully saturated rings. The van der Waals surface area contributed by atoms with E-state index in [4.69, 9.17) is 10.5 Å². The summed E-state index contributed by atoms with van der Waals surface area (Å²) in [6.07, 6.45) is 0. The average Bonchev–Trinajstić information content (AvgIpc) is 2.70. The van der Waals surface area contributed by atoms with E-state index in [9.17, 15) is 0 Å². The van der Waals surface area contributed by atoms with Crippen LogP contribution in [0.4, 0.5) is 0 Å². The smallest absolute Gasteiger partial charge is 0.191 e. The van der Waals surface area contributed by atoms with Gasteiger partial charge in [-0.1, -0.05) is 19.9 Å². The van der Waals surface area contributed by atoms with Gasteiger partial charge in [0.15, 0.2) is 5.96 Å². The summed E-state index contributed by atoms with van der Waals surface area (Å²) in [6.45, 7) is 6.01. The molecule has 0 amide bonds. The lowest BCUT2D eigenvalue weighted by Gasteiger charge is -2.28. The van der Waals surface area contributed by atoms with Crippen LogP contribution in [-0.4, -0.2) is 31.1 Å². The Kier molecular flexibility index (Phi) is 4.34. The summed E-state index contributed by atoms with van der Waals surface area (Å²) in [6, 6.07) is 6.37. The van der Waals surface area contributed by atoms with Crippen molar-refractivity contribution < 1.29 is 4.74 Å². The van der Waals surface area contributed by atoms with Crippen LogP contribution in [0.15, 0.2) is 27.7 Å².